The van der Waals surface area contributed by atoms with Gasteiger partial charge in [-0.3, -0.25) is 4.90 Å². The molecule has 1 fully saturated rings. The maximum atomic E-state index is 15.4. The molecule has 10 nitrogen and oxygen atoms in total. The first kappa shape index (κ1) is 29.1. The van der Waals surface area contributed by atoms with Gasteiger partial charge in [-0.15, -0.1) is 0 Å². The fourth-order valence-corrected chi connectivity index (χ4v) is 4.94. The van der Waals surface area contributed by atoms with Crippen molar-refractivity contribution in [1.82, 2.24) is 19.5 Å². The van der Waals surface area contributed by atoms with E-state index in [9.17, 15) is 23.2 Å². The molecule has 2 amide bonds. The van der Waals surface area contributed by atoms with Crippen molar-refractivity contribution < 1.29 is 27.1 Å². The molecule has 4 aromatic rings. The predicted octanol–water partition coefficient (Wildman–Crippen LogP) is 5.33. The van der Waals surface area contributed by atoms with Gasteiger partial charge in [-0.25, -0.2) is 18.7 Å². The van der Waals surface area contributed by atoms with Crippen LogP contribution in [0.2, 0.25) is 5.02 Å². The SMILES string of the molecule is N#CCc1c(-c2ccc(NC(=O)Nc3cc(C(F)(F)F)ccc3Cl)c(F)c2)c2c(N)ncnn2c1CN1CCOCC1. The van der Waals surface area contributed by atoms with Gasteiger partial charge >= 0.3 is 12.2 Å². The van der Waals surface area contributed by atoms with E-state index in [-0.39, 0.29) is 28.6 Å². The van der Waals surface area contributed by atoms with E-state index in [1.54, 1.807) is 4.52 Å². The van der Waals surface area contributed by atoms with Gasteiger partial charge in [0.25, 0.3) is 0 Å². The zero-order chi connectivity index (χ0) is 30.0. The molecule has 3 heterocycles. The number of alkyl halides is 3. The number of nitrogens with zero attached hydrogens (tertiary/aromatic N) is 5. The van der Waals surface area contributed by atoms with Gasteiger partial charge in [-0.1, -0.05) is 17.7 Å². The zero-order valence-corrected chi connectivity index (χ0v) is 22.6. The van der Waals surface area contributed by atoms with Crippen LogP contribution in [0.5, 0.6) is 0 Å². The Morgan fingerprint density at radius 3 is 2.57 bits per heavy atom. The van der Waals surface area contributed by atoms with E-state index in [4.69, 9.17) is 22.1 Å². The van der Waals surface area contributed by atoms with Crippen LogP contribution in [0.1, 0.15) is 16.8 Å². The third-order valence-electron chi connectivity index (χ3n) is 6.74. The monoisotopic (exact) mass is 602 g/mol. The number of fused-ring (bicyclic) bond motifs is 1. The van der Waals surface area contributed by atoms with Crippen LogP contribution in [0.3, 0.4) is 0 Å². The fourth-order valence-electron chi connectivity index (χ4n) is 4.78. The minimum Gasteiger partial charge on any atom is -0.382 e. The first-order valence-electron chi connectivity index (χ1n) is 12.6. The van der Waals surface area contributed by atoms with Gasteiger partial charge in [0.05, 0.1) is 53.4 Å². The minimum absolute atomic E-state index is 0.0143. The minimum atomic E-state index is -4.65. The molecule has 1 aliphatic rings. The molecular weight excluding hydrogens is 580 g/mol. The number of aromatic nitrogens is 3. The molecule has 42 heavy (non-hydrogen) atoms. The molecule has 0 aliphatic carbocycles. The molecule has 1 saturated heterocycles. The summed E-state index contributed by atoms with van der Waals surface area (Å²) in [4.78, 5) is 18.8. The number of carbonyl (C=O) groups excluding carboxylic acids is 1. The van der Waals surface area contributed by atoms with Gasteiger partial charge in [-0.05, 0) is 41.5 Å². The predicted molar refractivity (Wildman–Crippen MR) is 147 cm³/mol. The number of hydrogen-bond acceptors (Lipinski definition) is 7. The maximum absolute atomic E-state index is 15.4. The van der Waals surface area contributed by atoms with Crippen LogP contribution >= 0.6 is 11.6 Å². The van der Waals surface area contributed by atoms with Crippen molar-refractivity contribution in [2.24, 2.45) is 0 Å². The molecule has 218 valence electrons. The number of urea groups is 1. The number of hydrogen-bond donors (Lipinski definition) is 3. The summed E-state index contributed by atoms with van der Waals surface area (Å²) in [5, 5.41) is 18.4. The van der Waals surface area contributed by atoms with E-state index in [1.807, 2.05) is 0 Å². The van der Waals surface area contributed by atoms with Crippen LogP contribution in [0, 0.1) is 17.1 Å². The molecular formula is C27H23ClF4N8O2. The Morgan fingerprint density at radius 1 is 1.14 bits per heavy atom. The Bertz CT molecular complexity index is 1700. The lowest BCUT2D eigenvalue weighted by molar-refractivity contribution is -0.137. The quantitative estimate of drug-likeness (QED) is 0.254. The first-order valence-corrected chi connectivity index (χ1v) is 13.0. The molecule has 4 N–H and O–H groups in total. The third-order valence-corrected chi connectivity index (χ3v) is 7.07. The van der Waals surface area contributed by atoms with Crippen LogP contribution in [-0.2, 0) is 23.9 Å². The van der Waals surface area contributed by atoms with Gasteiger partial charge in [0.2, 0.25) is 0 Å². The van der Waals surface area contributed by atoms with E-state index in [0.717, 1.165) is 18.2 Å². The number of nitrogens with two attached hydrogens (primary N) is 1. The number of benzene rings is 2. The lowest BCUT2D eigenvalue weighted by atomic mass is 9.98. The first-order chi connectivity index (χ1) is 20.1. The molecule has 0 bridgehead atoms. The van der Waals surface area contributed by atoms with Crippen molar-refractivity contribution in [3.05, 3.63) is 70.4 Å². The van der Waals surface area contributed by atoms with E-state index < -0.39 is 23.6 Å². The van der Waals surface area contributed by atoms with Crippen molar-refractivity contribution >= 4 is 40.3 Å². The maximum Gasteiger partial charge on any atom is 0.416 e. The third kappa shape index (κ3) is 5.94. The van der Waals surface area contributed by atoms with Crippen LogP contribution in [0.25, 0.3) is 16.6 Å². The van der Waals surface area contributed by atoms with Crippen molar-refractivity contribution in [2.75, 3.05) is 42.7 Å². The summed E-state index contributed by atoms with van der Waals surface area (Å²) < 4.78 is 61.6. The fraction of sp³-hybridized carbons (Fsp3) is 0.259. The summed E-state index contributed by atoms with van der Waals surface area (Å²) in [6.45, 7) is 2.93. The number of nitrogens with one attached hydrogen (secondary N) is 2. The number of rotatable bonds is 6. The van der Waals surface area contributed by atoms with Crippen molar-refractivity contribution in [3.63, 3.8) is 0 Å². The molecule has 0 spiro atoms. The number of amides is 2. The summed E-state index contributed by atoms with van der Waals surface area (Å²) in [7, 11) is 0. The Labute approximate surface area is 241 Å². The van der Waals surface area contributed by atoms with Gasteiger partial charge in [0.1, 0.15) is 17.7 Å². The second-order valence-corrected chi connectivity index (χ2v) is 9.80. The summed E-state index contributed by atoms with van der Waals surface area (Å²) in [6, 6.07) is 7.58. The molecule has 5 rings (SSSR count). The molecule has 0 saturated carbocycles. The Balaban J connectivity index is 1.47. The average Bonchev–Trinajstić information content (AvgIpc) is 3.25. The molecule has 0 atom stereocenters. The van der Waals surface area contributed by atoms with Crippen molar-refractivity contribution in [3.8, 4) is 17.2 Å². The smallest absolute Gasteiger partial charge is 0.382 e. The summed E-state index contributed by atoms with van der Waals surface area (Å²) in [6.07, 6.45) is -3.36. The molecule has 15 heteroatoms. The normalized spacial score (nSPS) is 14.1. The molecule has 0 radical (unpaired) electrons. The van der Waals surface area contributed by atoms with E-state index >= 15 is 4.39 Å². The number of ether oxygens (including phenoxy) is 1. The Kier molecular flexibility index (Phi) is 8.17. The second kappa shape index (κ2) is 11.8. The highest BCUT2D eigenvalue weighted by Gasteiger charge is 2.31. The van der Waals surface area contributed by atoms with Crippen molar-refractivity contribution in [1.29, 1.82) is 5.26 Å². The van der Waals surface area contributed by atoms with Crippen LogP contribution in [0.4, 0.5) is 39.5 Å². The second-order valence-electron chi connectivity index (χ2n) is 9.40. The molecule has 2 aromatic heterocycles. The highest BCUT2D eigenvalue weighted by Crippen LogP contribution is 2.38. The van der Waals surface area contributed by atoms with E-state index in [0.29, 0.717) is 66.8 Å². The van der Waals surface area contributed by atoms with Gasteiger partial charge in [0.15, 0.2) is 5.82 Å². The Morgan fingerprint density at radius 2 is 1.88 bits per heavy atom. The number of morpholine rings is 1. The number of halogens is 5. The average molecular weight is 603 g/mol. The zero-order valence-electron chi connectivity index (χ0n) is 21.8. The van der Waals surface area contributed by atoms with Crippen molar-refractivity contribution in [2.45, 2.75) is 19.1 Å². The highest BCUT2D eigenvalue weighted by atomic mass is 35.5. The number of nitrogen functional groups attached to an aromatic ring is 1. The molecule has 1 aliphatic heterocycles. The standard InChI is InChI=1S/C27H23ClF4N8O2/c28-18-3-2-16(27(30,31)32)12-21(18)38-26(41)37-20-4-1-15(11-19(20)29)23-17(5-6-33)22(13-39-7-9-42-10-8-39)40-24(23)25(34)35-14-36-40/h1-4,11-12,14H,5,7-10,13H2,(H2,34,35,36)(H2,37,38,41). The van der Waals surface area contributed by atoms with E-state index in [2.05, 4.69) is 31.7 Å². The molecule has 0 unspecified atom stereocenters. The molecule has 2 aromatic carbocycles. The van der Waals surface area contributed by atoms with Gasteiger partial charge in [-0.2, -0.15) is 23.5 Å². The summed E-state index contributed by atoms with van der Waals surface area (Å²) in [5.41, 5.74) is 7.22. The number of carbonyl (C=O) groups is 1. The van der Waals surface area contributed by atoms with Crippen LogP contribution in [0.15, 0.2) is 42.7 Å². The Hall–Kier alpha value is -4.45. The number of anilines is 3. The van der Waals surface area contributed by atoms with Crippen LogP contribution < -0.4 is 16.4 Å². The lowest BCUT2D eigenvalue weighted by Crippen LogP contribution is -2.36. The number of nitriles is 1. The largest absolute Gasteiger partial charge is 0.416 e. The lowest BCUT2D eigenvalue weighted by Gasteiger charge is -2.26. The summed E-state index contributed by atoms with van der Waals surface area (Å²) in [5.74, 6) is -0.711. The van der Waals surface area contributed by atoms with Gasteiger partial charge in [0, 0.05) is 25.2 Å². The highest BCUT2D eigenvalue weighted by molar-refractivity contribution is 6.33. The van der Waals surface area contributed by atoms with Crippen LogP contribution in [-0.4, -0.2) is 51.8 Å². The van der Waals surface area contributed by atoms with Gasteiger partial charge < -0.3 is 21.1 Å². The van der Waals surface area contributed by atoms with E-state index in [1.165, 1.54) is 18.5 Å². The summed E-state index contributed by atoms with van der Waals surface area (Å²) >= 11 is 5.94. The topological polar surface area (TPSA) is 134 Å².